The van der Waals surface area contributed by atoms with Gasteiger partial charge >= 0.3 is 0 Å². The van der Waals surface area contributed by atoms with E-state index in [2.05, 4.69) is 33.4 Å². The highest BCUT2D eigenvalue weighted by Crippen LogP contribution is 2.35. The molecule has 2 aromatic carbocycles. The summed E-state index contributed by atoms with van der Waals surface area (Å²) in [6.45, 7) is 4.83. The number of benzene rings is 2. The number of carbonyl (C=O) groups is 1. The molecule has 37 heavy (non-hydrogen) atoms. The molecule has 3 heterocycles. The number of piperidine rings is 1. The maximum absolute atomic E-state index is 13.2. The average molecular weight is 545 g/mol. The van der Waals surface area contributed by atoms with Crippen LogP contribution in [0.25, 0.3) is 10.1 Å². The molecule has 200 valence electrons. The molecule has 1 atom stereocenters. The number of thiophene rings is 1. The molecule has 0 N–H and O–H groups in total. The van der Waals surface area contributed by atoms with Crippen LogP contribution in [0.2, 0.25) is 0 Å². The van der Waals surface area contributed by atoms with Crippen LogP contribution >= 0.6 is 23.7 Å². The third-order valence-corrected chi connectivity index (χ3v) is 8.68. The van der Waals surface area contributed by atoms with Crippen molar-refractivity contribution in [2.75, 3.05) is 54.1 Å². The van der Waals surface area contributed by atoms with Crippen molar-refractivity contribution in [1.82, 2.24) is 9.80 Å². The zero-order chi connectivity index (χ0) is 25.1. The smallest absolute Gasteiger partial charge is 0.227 e. The second-order valence-corrected chi connectivity index (χ2v) is 10.8. The minimum absolute atomic E-state index is 0. The molecule has 0 saturated carbocycles. The Labute approximate surface area is 229 Å². The Morgan fingerprint density at radius 3 is 2.51 bits per heavy atom. The molecular formula is C29H37ClN2O4S. The van der Waals surface area contributed by atoms with Crippen LogP contribution in [0.3, 0.4) is 0 Å². The summed E-state index contributed by atoms with van der Waals surface area (Å²) in [7, 11) is 5.05. The van der Waals surface area contributed by atoms with E-state index in [0.717, 1.165) is 62.6 Å². The van der Waals surface area contributed by atoms with Crippen molar-refractivity contribution in [3.63, 3.8) is 0 Å². The number of nitrogens with zero attached hydrogens (tertiary/aromatic N) is 2. The van der Waals surface area contributed by atoms with Crippen LogP contribution in [0.5, 0.6) is 17.2 Å². The van der Waals surface area contributed by atoms with E-state index in [1.54, 1.807) is 32.7 Å². The molecule has 2 aliphatic heterocycles. The standard InChI is InChI=1S/C29H36N2O4S.ClH/c1-33-24-7-4-8-27-29(24)22(19-36-27)9-12-30-11-5-6-20(17-30)18-31-13-10-21-14-25(34-2)26(35-3)15-23(21)16-28(31)32;/h4,7-8,14-15,19-20H,5-6,9-13,16-18H2,1-3H3;1H. The molecule has 0 bridgehead atoms. The van der Waals surface area contributed by atoms with Crippen LogP contribution in [-0.2, 0) is 24.1 Å². The summed E-state index contributed by atoms with van der Waals surface area (Å²) >= 11 is 1.80. The largest absolute Gasteiger partial charge is 0.496 e. The van der Waals surface area contributed by atoms with Crippen LogP contribution in [0.15, 0.2) is 35.7 Å². The number of amides is 1. The normalized spacial score (nSPS) is 18.2. The number of hydrogen-bond donors (Lipinski definition) is 0. The molecule has 1 fully saturated rings. The first kappa shape index (κ1) is 27.6. The van der Waals surface area contributed by atoms with E-state index >= 15 is 0 Å². The zero-order valence-electron chi connectivity index (χ0n) is 22.0. The van der Waals surface area contributed by atoms with Gasteiger partial charge in [0.15, 0.2) is 11.5 Å². The molecule has 0 aliphatic carbocycles. The van der Waals surface area contributed by atoms with Crippen LogP contribution < -0.4 is 14.2 Å². The highest BCUT2D eigenvalue weighted by atomic mass is 35.5. The van der Waals surface area contributed by atoms with Gasteiger partial charge in [-0.3, -0.25) is 4.79 Å². The summed E-state index contributed by atoms with van der Waals surface area (Å²) < 4.78 is 17.9. The van der Waals surface area contributed by atoms with Crippen molar-refractivity contribution in [3.05, 3.63) is 52.4 Å². The monoisotopic (exact) mass is 544 g/mol. The predicted octanol–water partition coefficient (Wildman–Crippen LogP) is 5.23. The van der Waals surface area contributed by atoms with Gasteiger partial charge in [0.1, 0.15) is 5.75 Å². The first-order chi connectivity index (χ1) is 17.6. The number of methoxy groups -OCH3 is 3. The number of ether oxygens (including phenoxy) is 3. The van der Waals surface area contributed by atoms with Gasteiger partial charge in [-0.15, -0.1) is 23.7 Å². The molecule has 2 aliphatic rings. The zero-order valence-corrected chi connectivity index (χ0v) is 23.6. The van der Waals surface area contributed by atoms with Gasteiger partial charge < -0.3 is 24.0 Å². The summed E-state index contributed by atoms with van der Waals surface area (Å²) in [6, 6.07) is 10.3. The van der Waals surface area contributed by atoms with Gasteiger partial charge in [0.05, 0.1) is 27.8 Å². The van der Waals surface area contributed by atoms with Crippen molar-refractivity contribution in [2.45, 2.75) is 32.1 Å². The summed E-state index contributed by atoms with van der Waals surface area (Å²) in [4.78, 5) is 17.9. The highest BCUT2D eigenvalue weighted by molar-refractivity contribution is 7.17. The first-order valence-corrected chi connectivity index (χ1v) is 13.7. The van der Waals surface area contributed by atoms with Crippen molar-refractivity contribution in [1.29, 1.82) is 0 Å². The summed E-state index contributed by atoms with van der Waals surface area (Å²) in [6.07, 6.45) is 4.68. The van der Waals surface area contributed by atoms with Gasteiger partial charge in [-0.1, -0.05) is 6.07 Å². The summed E-state index contributed by atoms with van der Waals surface area (Å²) in [5.41, 5.74) is 3.62. The fourth-order valence-electron chi connectivity index (χ4n) is 5.78. The fourth-order valence-corrected chi connectivity index (χ4v) is 6.79. The Morgan fingerprint density at radius 1 is 1.00 bits per heavy atom. The Kier molecular flexibility index (Phi) is 9.22. The minimum Gasteiger partial charge on any atom is -0.496 e. The van der Waals surface area contributed by atoms with Crippen molar-refractivity contribution in [3.8, 4) is 17.2 Å². The lowest BCUT2D eigenvalue weighted by molar-refractivity contribution is -0.131. The molecule has 3 aromatic rings. The third-order valence-electron chi connectivity index (χ3n) is 7.69. The first-order valence-electron chi connectivity index (χ1n) is 12.9. The third kappa shape index (κ3) is 6.00. The van der Waals surface area contributed by atoms with Crippen LogP contribution in [-0.4, -0.2) is 69.8 Å². The molecule has 8 heteroatoms. The molecule has 6 nitrogen and oxygen atoms in total. The molecule has 0 radical (unpaired) electrons. The lowest BCUT2D eigenvalue weighted by Gasteiger charge is -2.35. The second kappa shape index (κ2) is 12.4. The number of hydrogen-bond acceptors (Lipinski definition) is 6. The Morgan fingerprint density at radius 2 is 1.76 bits per heavy atom. The number of rotatable bonds is 8. The van der Waals surface area contributed by atoms with Crippen LogP contribution in [0.1, 0.15) is 29.5 Å². The predicted molar refractivity (Wildman–Crippen MR) is 152 cm³/mol. The van der Waals surface area contributed by atoms with E-state index < -0.39 is 0 Å². The second-order valence-electron chi connectivity index (χ2n) is 9.90. The fraction of sp³-hybridized carbons (Fsp3) is 0.483. The van der Waals surface area contributed by atoms with E-state index in [4.69, 9.17) is 14.2 Å². The van der Waals surface area contributed by atoms with Gasteiger partial charge in [0.25, 0.3) is 0 Å². The SMILES string of the molecule is COc1cc2c(cc1OC)CC(=O)N(CC1CCCN(CCc3csc4cccc(OC)c34)C1)CC2.Cl. The molecule has 5 rings (SSSR count). The van der Waals surface area contributed by atoms with Gasteiger partial charge in [-0.2, -0.15) is 0 Å². The number of likely N-dealkylation sites (tertiary alicyclic amines) is 1. The van der Waals surface area contributed by atoms with Gasteiger partial charge in [-0.25, -0.2) is 0 Å². The number of fused-ring (bicyclic) bond motifs is 2. The van der Waals surface area contributed by atoms with Gasteiger partial charge in [0, 0.05) is 36.3 Å². The van der Waals surface area contributed by atoms with Crippen molar-refractivity contribution >= 4 is 39.7 Å². The van der Waals surface area contributed by atoms with E-state index in [1.807, 2.05) is 12.1 Å². The van der Waals surface area contributed by atoms with E-state index in [-0.39, 0.29) is 18.3 Å². The number of carbonyl (C=O) groups excluding carboxylic acids is 1. The number of halogens is 1. The maximum Gasteiger partial charge on any atom is 0.227 e. The van der Waals surface area contributed by atoms with E-state index in [1.165, 1.54) is 34.1 Å². The lowest BCUT2D eigenvalue weighted by atomic mass is 9.96. The van der Waals surface area contributed by atoms with Gasteiger partial charge in [0.2, 0.25) is 5.91 Å². The highest BCUT2D eigenvalue weighted by Gasteiger charge is 2.27. The van der Waals surface area contributed by atoms with Crippen LogP contribution in [0, 0.1) is 5.92 Å². The molecule has 1 saturated heterocycles. The lowest BCUT2D eigenvalue weighted by Crippen LogP contribution is -2.44. The summed E-state index contributed by atoms with van der Waals surface area (Å²) in [5, 5.41) is 3.55. The quantitative estimate of drug-likeness (QED) is 0.388. The molecule has 0 spiro atoms. The molecular weight excluding hydrogens is 508 g/mol. The topological polar surface area (TPSA) is 51.2 Å². The molecule has 1 amide bonds. The molecule has 1 unspecified atom stereocenters. The maximum atomic E-state index is 13.2. The summed E-state index contributed by atoms with van der Waals surface area (Å²) in [5.74, 6) is 3.13. The Bertz CT molecular complexity index is 1230. The van der Waals surface area contributed by atoms with Crippen molar-refractivity contribution < 1.29 is 19.0 Å². The average Bonchev–Trinajstić information content (AvgIpc) is 3.26. The minimum atomic E-state index is 0. The Hall–Kier alpha value is -2.48. The van der Waals surface area contributed by atoms with E-state index in [0.29, 0.717) is 18.1 Å². The van der Waals surface area contributed by atoms with Crippen molar-refractivity contribution in [2.24, 2.45) is 5.92 Å². The molecule has 1 aromatic heterocycles. The van der Waals surface area contributed by atoms with Crippen LogP contribution in [0.4, 0.5) is 0 Å². The van der Waals surface area contributed by atoms with E-state index in [9.17, 15) is 4.79 Å². The Balaban J connectivity index is 0.00000320. The van der Waals surface area contributed by atoms with Gasteiger partial charge in [-0.05, 0) is 84.5 Å².